The third kappa shape index (κ3) is 7.54. The molecule has 0 unspecified atom stereocenters. The van der Waals surface area contributed by atoms with Crippen LogP contribution in [0.15, 0.2) is 29.1 Å². The number of hydroxylamine groups is 1. The summed E-state index contributed by atoms with van der Waals surface area (Å²) in [6.07, 6.45) is 12.6. The summed E-state index contributed by atoms with van der Waals surface area (Å²) in [4.78, 5) is 9.99. The van der Waals surface area contributed by atoms with E-state index in [1.807, 2.05) is 7.11 Å². The zero-order valence-corrected chi connectivity index (χ0v) is 18.8. The summed E-state index contributed by atoms with van der Waals surface area (Å²) in [6.45, 7) is 4.74. The zero-order chi connectivity index (χ0) is 21.1. The maximum Gasteiger partial charge on any atom is 0.230 e. The van der Waals surface area contributed by atoms with Crippen LogP contribution in [0.2, 0.25) is 25.3 Å². The fourth-order valence-corrected chi connectivity index (χ4v) is 5.31. The van der Waals surface area contributed by atoms with Crippen LogP contribution in [0.25, 0.3) is 5.57 Å². The van der Waals surface area contributed by atoms with Crippen molar-refractivity contribution >= 4 is 43.5 Å². The molecule has 0 atom stereocenters. The Labute approximate surface area is 182 Å². The van der Waals surface area contributed by atoms with Gasteiger partial charge in [-0.3, -0.25) is 10.0 Å². The highest BCUT2D eigenvalue weighted by molar-refractivity contribution is 7.80. The fraction of sp³-hybridized carbons (Fsp3) is 0.591. The van der Waals surface area contributed by atoms with Crippen molar-refractivity contribution in [2.24, 2.45) is 5.92 Å². The molecule has 1 aromatic carbocycles. The molecule has 1 aromatic rings. The molecule has 0 aliphatic carbocycles. The Morgan fingerprint density at radius 2 is 2.00 bits per heavy atom. The van der Waals surface area contributed by atoms with Gasteiger partial charge in [-0.2, -0.15) is 0 Å². The highest BCUT2D eigenvalue weighted by Crippen LogP contribution is 2.32. The molecule has 0 spiro atoms. The Morgan fingerprint density at radius 1 is 1.28 bits per heavy atom. The molecule has 0 bridgehead atoms. The smallest absolute Gasteiger partial charge is 0.230 e. The van der Waals surface area contributed by atoms with Gasteiger partial charge in [0.05, 0.1) is 0 Å². The first-order chi connectivity index (χ1) is 14.1. The molecule has 0 saturated carbocycles. The number of ether oxygens (including phenoxy) is 1. The Kier molecular flexibility index (Phi) is 11.0. The van der Waals surface area contributed by atoms with E-state index in [2.05, 4.69) is 31.1 Å². The van der Waals surface area contributed by atoms with E-state index in [9.17, 15) is 0 Å². The van der Waals surface area contributed by atoms with Gasteiger partial charge in [-0.15, -0.1) is 18.6 Å². The van der Waals surface area contributed by atoms with E-state index in [4.69, 9.17) is 27.4 Å². The normalized spacial score (nSPS) is 16.1. The third-order valence-electron chi connectivity index (χ3n) is 6.44. The molecule has 4 nitrogen and oxygen atoms in total. The van der Waals surface area contributed by atoms with Crippen molar-refractivity contribution in [1.82, 2.24) is 5.48 Å². The third-order valence-corrected chi connectivity index (χ3v) is 6.83. The van der Waals surface area contributed by atoms with Gasteiger partial charge in [0.15, 0.2) is 0 Å². The van der Waals surface area contributed by atoms with Crippen LogP contribution in [0.4, 0.5) is 0 Å². The van der Waals surface area contributed by atoms with Crippen LogP contribution in [0.1, 0.15) is 44.6 Å². The second-order valence-corrected chi connectivity index (χ2v) is 8.88. The highest BCUT2D eigenvalue weighted by atomic mass is 32.1. The minimum absolute atomic E-state index is 0.181. The minimum Gasteiger partial charge on any atom is -0.385 e. The molecular formula is C22H35B2NO3S. The second-order valence-electron chi connectivity index (χ2n) is 8.39. The number of amides is 1. The van der Waals surface area contributed by atoms with Crippen molar-refractivity contribution in [3.05, 3.63) is 29.7 Å². The summed E-state index contributed by atoms with van der Waals surface area (Å²) in [6, 6.07) is 6.53. The van der Waals surface area contributed by atoms with Gasteiger partial charge in [-0.1, -0.05) is 67.7 Å². The number of methoxy groups -OCH3 is 1. The minimum atomic E-state index is 0.181. The van der Waals surface area contributed by atoms with Gasteiger partial charge in [0.1, 0.15) is 6.71 Å². The first-order valence-electron chi connectivity index (χ1n) is 10.9. The lowest BCUT2D eigenvalue weighted by molar-refractivity contribution is -0.116. The van der Waals surface area contributed by atoms with Crippen molar-refractivity contribution in [2.45, 2.75) is 69.2 Å². The average molecular weight is 415 g/mol. The fourth-order valence-electron chi connectivity index (χ4n) is 4.94. The predicted octanol–water partition coefficient (Wildman–Crippen LogP) is 4.48. The number of hydrogen-bond acceptors (Lipinski definition) is 4. The largest absolute Gasteiger partial charge is 0.385 e. The molecule has 3 rings (SSSR count). The topological polar surface area (TPSA) is 58.6 Å². The number of allylic oxidation sites excluding steroid dienone is 1. The number of rotatable bonds is 9. The van der Waals surface area contributed by atoms with Crippen LogP contribution in [0.5, 0.6) is 0 Å². The van der Waals surface area contributed by atoms with Crippen LogP contribution in [-0.2, 0) is 9.53 Å². The summed E-state index contributed by atoms with van der Waals surface area (Å²) in [7, 11) is 1.81. The number of thiol groups is 1. The number of carbonyl (C=O) groups is 1. The maximum atomic E-state index is 8.81. The van der Waals surface area contributed by atoms with Gasteiger partial charge in [-0.05, 0) is 42.2 Å². The Hall–Kier alpha value is -1.17. The van der Waals surface area contributed by atoms with E-state index in [0.717, 1.165) is 19.2 Å². The lowest BCUT2D eigenvalue weighted by Gasteiger charge is -2.26. The van der Waals surface area contributed by atoms with E-state index < -0.39 is 0 Å². The molecule has 2 heterocycles. The molecule has 29 heavy (non-hydrogen) atoms. The monoisotopic (exact) mass is 415 g/mol. The van der Waals surface area contributed by atoms with Crippen molar-refractivity contribution in [3.8, 4) is 0 Å². The summed E-state index contributed by atoms with van der Waals surface area (Å²) in [5.41, 5.74) is 5.59. The molecule has 0 radical (unpaired) electrons. The van der Waals surface area contributed by atoms with Crippen molar-refractivity contribution in [3.63, 3.8) is 0 Å². The summed E-state index contributed by atoms with van der Waals surface area (Å²) in [5.74, 6) is 3.43. The lowest BCUT2D eigenvalue weighted by atomic mass is 9.36. The molecule has 1 amide bonds. The van der Waals surface area contributed by atoms with E-state index in [-0.39, 0.29) is 6.41 Å². The Balaban J connectivity index is 0.000000687. The first kappa shape index (κ1) is 24.1. The van der Waals surface area contributed by atoms with E-state index in [1.54, 1.807) is 0 Å². The van der Waals surface area contributed by atoms with Gasteiger partial charge in [-0.25, -0.2) is 5.48 Å². The zero-order valence-electron chi connectivity index (χ0n) is 17.9. The highest BCUT2D eigenvalue weighted by Gasteiger charge is 2.27. The van der Waals surface area contributed by atoms with E-state index in [0.29, 0.717) is 6.71 Å². The van der Waals surface area contributed by atoms with Gasteiger partial charge in [0.25, 0.3) is 0 Å². The van der Waals surface area contributed by atoms with Crippen molar-refractivity contribution in [1.29, 1.82) is 0 Å². The van der Waals surface area contributed by atoms with E-state index >= 15 is 0 Å². The van der Waals surface area contributed by atoms with Gasteiger partial charge < -0.3 is 4.74 Å². The van der Waals surface area contributed by atoms with Gasteiger partial charge in [0.2, 0.25) is 13.1 Å². The summed E-state index contributed by atoms with van der Waals surface area (Å²) >= 11 is 4.71. The van der Waals surface area contributed by atoms with Crippen molar-refractivity contribution < 1.29 is 14.7 Å². The second kappa shape index (κ2) is 13.2. The van der Waals surface area contributed by atoms with E-state index in [1.165, 1.54) is 84.4 Å². The molecule has 158 valence electrons. The summed E-state index contributed by atoms with van der Waals surface area (Å²) in [5, 5.41) is 7.26. The predicted molar refractivity (Wildman–Crippen MR) is 127 cm³/mol. The lowest BCUT2D eigenvalue weighted by Crippen LogP contribution is -2.29. The van der Waals surface area contributed by atoms with Crippen LogP contribution in [0, 0.1) is 5.92 Å². The number of benzene rings is 1. The number of nitrogens with one attached hydrogen (secondary N) is 1. The standard InChI is InChI=1S/C21H32B2OS.CH3NO2/c1-17-16-23(21-19(17)7-3-8-20(21)25)12-5-11-22-13-9-18(10-14-22)6-4-15-24-2;3-1-2-4/h3,7-8,16,18,25H,4-6,9-15H2,1-2H3;1,4H,(H,2,3). The first-order valence-corrected chi connectivity index (χ1v) is 11.4. The van der Waals surface area contributed by atoms with Crippen LogP contribution < -0.4 is 10.9 Å². The van der Waals surface area contributed by atoms with Crippen LogP contribution in [0.3, 0.4) is 0 Å². The maximum absolute atomic E-state index is 8.81. The SMILES string of the molecule is COCCCC1CCB(CCCB2C=C(C)c3cccc(S)c32)CC1.O=CNO. The number of hydrogen-bond donors (Lipinski definition) is 3. The van der Waals surface area contributed by atoms with Crippen LogP contribution in [-0.4, -0.2) is 38.8 Å². The molecule has 0 aromatic heterocycles. The van der Waals surface area contributed by atoms with Crippen LogP contribution >= 0.6 is 12.6 Å². The Bertz CT molecular complexity index is 663. The van der Waals surface area contributed by atoms with Crippen molar-refractivity contribution in [2.75, 3.05) is 13.7 Å². The molecule has 1 saturated heterocycles. The van der Waals surface area contributed by atoms with Gasteiger partial charge >= 0.3 is 0 Å². The summed E-state index contributed by atoms with van der Waals surface area (Å²) < 4.78 is 5.19. The van der Waals surface area contributed by atoms with Gasteiger partial charge in [0, 0.05) is 13.7 Å². The Morgan fingerprint density at radius 3 is 2.66 bits per heavy atom. The molecule has 2 N–H and O–H groups in total. The molecule has 1 fully saturated rings. The molecule has 2 aliphatic rings. The molecule has 2 aliphatic heterocycles. The molecular weight excluding hydrogens is 380 g/mol. The molecule has 7 heteroatoms. The number of carbonyl (C=O) groups excluding carboxylic acids is 1. The quantitative estimate of drug-likeness (QED) is 0.139. The number of fused-ring (bicyclic) bond motifs is 1. The average Bonchev–Trinajstić information content (AvgIpc) is 3.06.